The van der Waals surface area contributed by atoms with Gasteiger partial charge in [-0.25, -0.2) is 8.42 Å². The maximum atomic E-state index is 12.9. The minimum atomic E-state index is -3.55. The Morgan fingerprint density at radius 1 is 1.32 bits per heavy atom. The Morgan fingerprint density at radius 2 is 2.03 bits per heavy atom. The molecule has 2 amide bonds. The zero-order valence-corrected chi connectivity index (χ0v) is 21.5. The molecule has 1 aliphatic carbocycles. The standard InChI is InChI=1S/C22H23Cl2N3O5S2/c1-27(22(30)15(28)10-34(2,31)32)20-13-6-4-3-5-11(13)7-14(20)26-17(29)9-12-8-16-19(25-12)18(23)21(24)33-16/h3-6,8,14-15,20,25,28H,7,9-10H2,1-2H3,(H,26,29)/t14-,15+,20-/m1/s1. The number of nitrogens with zero attached hydrogens (tertiary/aromatic N) is 1. The molecule has 2 heterocycles. The van der Waals surface area contributed by atoms with Crippen molar-refractivity contribution in [1.29, 1.82) is 0 Å². The fourth-order valence-electron chi connectivity index (χ4n) is 4.41. The molecule has 1 aliphatic rings. The highest BCUT2D eigenvalue weighted by Gasteiger charge is 2.39. The van der Waals surface area contributed by atoms with E-state index in [2.05, 4.69) is 10.3 Å². The minimum absolute atomic E-state index is 0.0727. The molecule has 0 saturated carbocycles. The topological polar surface area (TPSA) is 120 Å². The van der Waals surface area contributed by atoms with Crippen molar-refractivity contribution in [2.75, 3.05) is 19.1 Å². The second-order valence-corrected chi connectivity index (χ2v) is 12.7. The van der Waals surface area contributed by atoms with E-state index in [0.717, 1.165) is 22.1 Å². The Kier molecular flexibility index (Phi) is 6.99. The van der Waals surface area contributed by atoms with E-state index < -0.39 is 39.7 Å². The number of benzene rings is 1. The number of sulfone groups is 1. The van der Waals surface area contributed by atoms with Crippen LogP contribution >= 0.6 is 34.5 Å². The maximum Gasteiger partial charge on any atom is 0.252 e. The third-order valence-electron chi connectivity index (χ3n) is 5.83. The number of hydrogen-bond acceptors (Lipinski definition) is 6. The normalized spacial score (nSPS) is 18.6. The molecule has 3 atom stereocenters. The van der Waals surface area contributed by atoms with Gasteiger partial charge in [0.05, 0.1) is 39.5 Å². The minimum Gasteiger partial charge on any atom is -0.382 e. The van der Waals surface area contributed by atoms with Gasteiger partial charge in [0.1, 0.15) is 10.4 Å². The van der Waals surface area contributed by atoms with Gasteiger partial charge in [0.25, 0.3) is 5.91 Å². The molecular weight excluding hydrogens is 521 g/mol. The number of aliphatic hydroxyl groups is 1. The van der Waals surface area contributed by atoms with Crippen LogP contribution in [0.1, 0.15) is 22.9 Å². The van der Waals surface area contributed by atoms with E-state index in [1.54, 1.807) is 0 Å². The van der Waals surface area contributed by atoms with Gasteiger partial charge in [-0.3, -0.25) is 9.59 Å². The Hall–Kier alpha value is -2.11. The third-order valence-corrected chi connectivity index (χ3v) is 8.69. The van der Waals surface area contributed by atoms with Crippen LogP contribution in [0.5, 0.6) is 0 Å². The van der Waals surface area contributed by atoms with Crippen molar-refractivity contribution < 1.29 is 23.1 Å². The van der Waals surface area contributed by atoms with Crippen LogP contribution in [0.15, 0.2) is 30.3 Å². The summed E-state index contributed by atoms with van der Waals surface area (Å²) < 4.78 is 24.4. The summed E-state index contributed by atoms with van der Waals surface area (Å²) in [6.07, 6.45) is -0.159. The van der Waals surface area contributed by atoms with Crippen molar-refractivity contribution in [2.24, 2.45) is 0 Å². The summed E-state index contributed by atoms with van der Waals surface area (Å²) in [7, 11) is -2.05. The number of thiophene rings is 1. The van der Waals surface area contributed by atoms with E-state index in [-0.39, 0.29) is 12.3 Å². The first kappa shape index (κ1) is 25.0. The lowest BCUT2D eigenvalue weighted by molar-refractivity contribution is -0.141. The summed E-state index contributed by atoms with van der Waals surface area (Å²) in [5, 5.41) is 13.6. The van der Waals surface area contributed by atoms with Crippen LogP contribution in [-0.4, -0.2) is 66.4 Å². The number of rotatable bonds is 7. The van der Waals surface area contributed by atoms with Gasteiger partial charge in [0.2, 0.25) is 5.91 Å². The molecule has 4 rings (SSSR count). The lowest BCUT2D eigenvalue weighted by atomic mass is 10.0. The summed E-state index contributed by atoms with van der Waals surface area (Å²) in [5.74, 6) is -1.64. The van der Waals surface area contributed by atoms with E-state index in [1.807, 2.05) is 30.3 Å². The zero-order chi connectivity index (χ0) is 24.8. The predicted octanol–water partition coefficient (Wildman–Crippen LogP) is 2.72. The highest BCUT2D eigenvalue weighted by Crippen LogP contribution is 2.39. The van der Waals surface area contributed by atoms with E-state index >= 15 is 0 Å². The molecule has 0 fully saturated rings. The highest BCUT2D eigenvalue weighted by molar-refractivity contribution is 7.90. The second-order valence-electron chi connectivity index (χ2n) is 8.48. The number of aromatic amines is 1. The van der Waals surface area contributed by atoms with Crippen LogP contribution in [0.3, 0.4) is 0 Å². The molecule has 3 N–H and O–H groups in total. The first-order chi connectivity index (χ1) is 15.9. The Labute approximate surface area is 210 Å². The van der Waals surface area contributed by atoms with Gasteiger partial charge in [0, 0.05) is 19.0 Å². The highest BCUT2D eigenvalue weighted by atomic mass is 35.5. The van der Waals surface area contributed by atoms with Crippen LogP contribution < -0.4 is 5.32 Å². The lowest BCUT2D eigenvalue weighted by Crippen LogP contribution is -2.49. The number of amides is 2. The van der Waals surface area contributed by atoms with E-state index in [0.29, 0.717) is 27.0 Å². The van der Waals surface area contributed by atoms with E-state index in [1.165, 1.54) is 23.3 Å². The average molecular weight is 544 g/mol. The van der Waals surface area contributed by atoms with E-state index in [9.17, 15) is 23.1 Å². The smallest absolute Gasteiger partial charge is 0.252 e. The van der Waals surface area contributed by atoms with Gasteiger partial charge in [-0.15, -0.1) is 11.3 Å². The molecule has 1 aromatic carbocycles. The van der Waals surface area contributed by atoms with Gasteiger partial charge in [-0.1, -0.05) is 47.5 Å². The number of aliphatic hydroxyl groups excluding tert-OH is 1. The van der Waals surface area contributed by atoms with Crippen LogP contribution in [0.25, 0.3) is 10.2 Å². The van der Waals surface area contributed by atoms with Crippen molar-refractivity contribution in [1.82, 2.24) is 15.2 Å². The summed E-state index contributed by atoms with van der Waals surface area (Å²) >= 11 is 13.5. The number of likely N-dealkylation sites (N-methyl/N-ethyl adjacent to an activating group) is 1. The number of aromatic nitrogens is 1. The first-order valence-electron chi connectivity index (χ1n) is 10.4. The molecule has 0 aliphatic heterocycles. The average Bonchev–Trinajstić information content (AvgIpc) is 3.37. The number of fused-ring (bicyclic) bond motifs is 2. The monoisotopic (exact) mass is 543 g/mol. The molecule has 0 spiro atoms. The molecule has 34 heavy (non-hydrogen) atoms. The molecule has 0 bridgehead atoms. The fourth-order valence-corrected chi connectivity index (χ4v) is 6.63. The van der Waals surface area contributed by atoms with Crippen molar-refractivity contribution in [3.8, 4) is 0 Å². The van der Waals surface area contributed by atoms with Crippen molar-refractivity contribution in [3.05, 3.63) is 56.5 Å². The molecule has 12 heteroatoms. The maximum absolute atomic E-state index is 12.9. The van der Waals surface area contributed by atoms with Gasteiger partial charge < -0.3 is 20.3 Å². The lowest BCUT2D eigenvalue weighted by Gasteiger charge is -2.32. The molecule has 2 aromatic heterocycles. The third kappa shape index (κ3) is 5.11. The van der Waals surface area contributed by atoms with Gasteiger partial charge in [-0.05, 0) is 23.6 Å². The van der Waals surface area contributed by atoms with Crippen molar-refractivity contribution in [3.63, 3.8) is 0 Å². The van der Waals surface area contributed by atoms with Crippen molar-refractivity contribution >= 4 is 66.4 Å². The summed E-state index contributed by atoms with van der Waals surface area (Å²) in [6, 6.07) is 8.33. The number of carbonyl (C=O) groups is 2. The largest absolute Gasteiger partial charge is 0.382 e. The Balaban J connectivity index is 1.52. The van der Waals surface area contributed by atoms with Gasteiger partial charge in [0.15, 0.2) is 9.84 Å². The Morgan fingerprint density at radius 3 is 2.71 bits per heavy atom. The van der Waals surface area contributed by atoms with Gasteiger partial charge >= 0.3 is 0 Å². The van der Waals surface area contributed by atoms with Gasteiger partial charge in [-0.2, -0.15) is 0 Å². The molecule has 0 radical (unpaired) electrons. The van der Waals surface area contributed by atoms with Crippen LogP contribution in [-0.2, 0) is 32.3 Å². The van der Waals surface area contributed by atoms with Crippen LogP contribution in [0.4, 0.5) is 0 Å². The quantitative estimate of drug-likeness (QED) is 0.423. The molecule has 8 nitrogen and oxygen atoms in total. The number of halogens is 2. The Bertz CT molecular complexity index is 1370. The summed E-state index contributed by atoms with van der Waals surface area (Å²) in [5.41, 5.74) is 3.18. The number of hydrogen-bond donors (Lipinski definition) is 3. The zero-order valence-electron chi connectivity index (χ0n) is 18.3. The van der Waals surface area contributed by atoms with Crippen LogP contribution in [0.2, 0.25) is 9.36 Å². The SMILES string of the molecule is CN(C(=O)[C@@H](O)CS(C)(=O)=O)[C@@H]1c2ccccc2C[C@H]1NC(=O)Cc1cc2sc(Cl)c(Cl)c2[nH]1. The van der Waals surface area contributed by atoms with Crippen LogP contribution in [0, 0.1) is 0 Å². The molecular formula is C22H23Cl2N3O5S2. The number of H-pyrrole nitrogens is 1. The van der Waals surface area contributed by atoms with E-state index in [4.69, 9.17) is 23.2 Å². The number of nitrogens with one attached hydrogen (secondary N) is 2. The first-order valence-corrected chi connectivity index (χ1v) is 14.0. The molecule has 182 valence electrons. The fraction of sp³-hybridized carbons (Fsp3) is 0.364. The molecule has 0 unspecified atom stereocenters. The summed E-state index contributed by atoms with van der Waals surface area (Å²) in [6.45, 7) is 0. The second kappa shape index (κ2) is 9.50. The van der Waals surface area contributed by atoms with Crippen molar-refractivity contribution in [2.45, 2.75) is 31.0 Å². The molecule has 3 aromatic rings. The summed E-state index contributed by atoms with van der Waals surface area (Å²) in [4.78, 5) is 30.2. The predicted molar refractivity (Wildman–Crippen MR) is 133 cm³/mol. The number of carbonyl (C=O) groups excluding carboxylic acids is 2. The molecule has 0 saturated heterocycles.